The Hall–Kier alpha value is -3.49. The Bertz CT molecular complexity index is 1220. The summed E-state index contributed by atoms with van der Waals surface area (Å²) in [6, 6.07) is 15.0. The first-order valence-electron chi connectivity index (χ1n) is 11.6. The van der Waals surface area contributed by atoms with Gasteiger partial charge in [-0.15, -0.1) is 0 Å². The molecule has 0 aliphatic carbocycles. The Morgan fingerprint density at radius 3 is 2.50 bits per heavy atom. The molecule has 36 heavy (non-hydrogen) atoms. The van der Waals surface area contributed by atoms with Gasteiger partial charge in [0, 0.05) is 51.0 Å². The SMILES string of the molecule is CO[C@H](C(=O)Nc1cc(OC2CCN(C(=O)c3ccc(C)nc3)CC2)c(Cl)cc1F)c1ccccc1. The van der Waals surface area contributed by atoms with Crippen molar-refractivity contribution >= 4 is 29.1 Å². The predicted octanol–water partition coefficient (Wildman–Crippen LogP) is 5.19. The van der Waals surface area contributed by atoms with Crippen molar-refractivity contribution in [2.24, 2.45) is 0 Å². The second-order valence-corrected chi connectivity index (χ2v) is 8.98. The number of nitrogens with one attached hydrogen (secondary N) is 1. The number of carbonyl (C=O) groups excluding carboxylic acids is 2. The lowest BCUT2D eigenvalue weighted by Gasteiger charge is -2.32. The molecule has 1 aromatic heterocycles. The molecule has 1 aliphatic heterocycles. The summed E-state index contributed by atoms with van der Waals surface area (Å²) < 4.78 is 26.0. The number of piperidine rings is 1. The zero-order valence-corrected chi connectivity index (χ0v) is 20.8. The molecule has 0 unspecified atom stereocenters. The molecule has 2 amide bonds. The summed E-state index contributed by atoms with van der Waals surface area (Å²) in [5.74, 6) is -1.02. The summed E-state index contributed by atoms with van der Waals surface area (Å²) in [4.78, 5) is 31.5. The minimum absolute atomic E-state index is 0.0585. The third-order valence-corrected chi connectivity index (χ3v) is 6.33. The molecule has 2 aromatic carbocycles. The van der Waals surface area contributed by atoms with Crippen LogP contribution in [0, 0.1) is 12.7 Å². The van der Waals surface area contributed by atoms with Crippen LogP contribution in [0.25, 0.3) is 0 Å². The van der Waals surface area contributed by atoms with Gasteiger partial charge in [-0.1, -0.05) is 41.9 Å². The number of rotatable bonds is 7. The molecule has 0 bridgehead atoms. The number of carbonyl (C=O) groups is 2. The molecular weight excluding hydrogens is 485 g/mol. The molecule has 1 fully saturated rings. The lowest BCUT2D eigenvalue weighted by atomic mass is 10.1. The average Bonchev–Trinajstić information content (AvgIpc) is 2.88. The Kier molecular flexibility index (Phi) is 8.18. The quantitative estimate of drug-likeness (QED) is 0.472. The van der Waals surface area contributed by atoms with Gasteiger partial charge in [0.25, 0.3) is 11.8 Å². The second kappa shape index (κ2) is 11.5. The molecule has 0 saturated carbocycles. The van der Waals surface area contributed by atoms with Crippen LogP contribution in [0.15, 0.2) is 60.8 Å². The zero-order valence-electron chi connectivity index (χ0n) is 20.0. The van der Waals surface area contributed by atoms with Crippen molar-refractivity contribution in [3.63, 3.8) is 0 Å². The fourth-order valence-electron chi connectivity index (χ4n) is 4.07. The van der Waals surface area contributed by atoms with Gasteiger partial charge in [0.1, 0.15) is 17.7 Å². The highest BCUT2D eigenvalue weighted by Crippen LogP contribution is 2.33. The van der Waals surface area contributed by atoms with Crippen molar-refractivity contribution < 1.29 is 23.5 Å². The van der Waals surface area contributed by atoms with Crippen molar-refractivity contribution in [2.45, 2.75) is 32.0 Å². The predicted molar refractivity (Wildman–Crippen MR) is 135 cm³/mol. The fourth-order valence-corrected chi connectivity index (χ4v) is 4.26. The van der Waals surface area contributed by atoms with Gasteiger partial charge in [0.15, 0.2) is 6.10 Å². The number of hydrogen-bond donors (Lipinski definition) is 1. The number of likely N-dealkylation sites (tertiary alicyclic amines) is 1. The third-order valence-electron chi connectivity index (χ3n) is 6.04. The summed E-state index contributed by atoms with van der Waals surface area (Å²) in [5.41, 5.74) is 1.98. The van der Waals surface area contributed by atoms with Gasteiger partial charge in [-0.3, -0.25) is 14.6 Å². The minimum Gasteiger partial charge on any atom is -0.489 e. The van der Waals surface area contributed by atoms with Gasteiger partial charge in [0.2, 0.25) is 0 Å². The maximum atomic E-state index is 14.6. The van der Waals surface area contributed by atoms with Crippen LogP contribution in [-0.4, -0.2) is 48.0 Å². The monoisotopic (exact) mass is 511 g/mol. The molecule has 7 nitrogen and oxygen atoms in total. The molecule has 1 atom stereocenters. The van der Waals surface area contributed by atoms with Gasteiger partial charge >= 0.3 is 0 Å². The number of benzene rings is 2. The third kappa shape index (κ3) is 6.01. The molecule has 1 saturated heterocycles. The van der Waals surface area contributed by atoms with Gasteiger partial charge < -0.3 is 19.7 Å². The smallest absolute Gasteiger partial charge is 0.258 e. The van der Waals surface area contributed by atoms with Crippen LogP contribution in [0.2, 0.25) is 5.02 Å². The van der Waals surface area contributed by atoms with E-state index in [9.17, 15) is 14.0 Å². The van der Waals surface area contributed by atoms with Gasteiger partial charge in [-0.05, 0) is 30.7 Å². The van der Waals surface area contributed by atoms with E-state index in [4.69, 9.17) is 21.1 Å². The molecule has 1 N–H and O–H groups in total. The Labute approximate surface area is 214 Å². The number of nitrogens with zero attached hydrogens (tertiary/aromatic N) is 2. The summed E-state index contributed by atoms with van der Waals surface area (Å²) in [6.45, 7) is 2.88. The highest BCUT2D eigenvalue weighted by molar-refractivity contribution is 6.32. The minimum atomic E-state index is -0.906. The van der Waals surface area contributed by atoms with Crippen molar-refractivity contribution in [2.75, 3.05) is 25.5 Å². The molecule has 4 rings (SSSR count). The lowest BCUT2D eigenvalue weighted by Crippen LogP contribution is -2.41. The maximum absolute atomic E-state index is 14.6. The summed E-state index contributed by atoms with van der Waals surface area (Å²) >= 11 is 6.24. The second-order valence-electron chi connectivity index (χ2n) is 8.58. The normalized spacial score (nSPS) is 14.8. The Balaban J connectivity index is 1.40. The summed E-state index contributed by atoms with van der Waals surface area (Å²) in [5, 5.41) is 2.67. The number of hydrogen-bond acceptors (Lipinski definition) is 5. The van der Waals surface area contributed by atoms with Crippen molar-refractivity contribution in [1.29, 1.82) is 0 Å². The molecule has 188 valence electrons. The van der Waals surface area contributed by atoms with E-state index in [0.29, 0.717) is 37.1 Å². The van der Waals surface area contributed by atoms with Crippen LogP contribution in [0.5, 0.6) is 5.75 Å². The largest absolute Gasteiger partial charge is 0.489 e. The molecule has 0 spiro atoms. The fraction of sp³-hybridized carbons (Fsp3) is 0.296. The van der Waals surface area contributed by atoms with Gasteiger partial charge in [-0.25, -0.2) is 4.39 Å². The van der Waals surface area contributed by atoms with E-state index in [1.807, 2.05) is 19.1 Å². The number of aryl methyl sites for hydroxylation is 1. The highest BCUT2D eigenvalue weighted by Gasteiger charge is 2.26. The van der Waals surface area contributed by atoms with E-state index in [0.717, 1.165) is 11.8 Å². The van der Waals surface area contributed by atoms with Crippen LogP contribution < -0.4 is 10.1 Å². The van der Waals surface area contributed by atoms with Crippen LogP contribution in [0.1, 0.15) is 40.6 Å². The molecule has 0 radical (unpaired) electrons. The number of ether oxygens (including phenoxy) is 2. The highest BCUT2D eigenvalue weighted by atomic mass is 35.5. The van der Waals surface area contributed by atoms with Crippen LogP contribution in [0.3, 0.4) is 0 Å². The maximum Gasteiger partial charge on any atom is 0.258 e. The molecule has 3 aromatic rings. The zero-order chi connectivity index (χ0) is 25.7. The Morgan fingerprint density at radius 2 is 1.86 bits per heavy atom. The van der Waals surface area contributed by atoms with E-state index in [1.165, 1.54) is 13.2 Å². The first-order valence-corrected chi connectivity index (χ1v) is 12.0. The van der Waals surface area contributed by atoms with Crippen molar-refractivity contribution in [3.05, 3.63) is 88.5 Å². The Morgan fingerprint density at radius 1 is 1.14 bits per heavy atom. The van der Waals surface area contributed by atoms with Crippen LogP contribution >= 0.6 is 11.6 Å². The van der Waals surface area contributed by atoms with Gasteiger partial charge in [0.05, 0.1) is 16.3 Å². The number of aromatic nitrogens is 1. The molecule has 2 heterocycles. The van der Waals surface area contributed by atoms with Crippen molar-refractivity contribution in [1.82, 2.24) is 9.88 Å². The van der Waals surface area contributed by atoms with E-state index >= 15 is 0 Å². The molecule has 9 heteroatoms. The number of methoxy groups -OCH3 is 1. The van der Waals surface area contributed by atoms with E-state index in [-0.39, 0.29) is 28.5 Å². The lowest BCUT2D eigenvalue weighted by molar-refractivity contribution is -0.126. The van der Waals surface area contributed by atoms with E-state index in [1.54, 1.807) is 41.4 Å². The standard InChI is InChI=1S/C27H27ClFN3O4/c1-17-8-9-19(16-30-17)27(34)32-12-10-20(11-13-32)36-24-15-23(22(29)14-21(24)28)31-26(33)25(35-2)18-6-4-3-5-7-18/h3-9,14-16,20,25H,10-13H2,1-2H3,(H,31,33)/t25-/m0/s1. The first kappa shape index (κ1) is 25.6. The van der Waals surface area contributed by atoms with Crippen LogP contribution in [0.4, 0.5) is 10.1 Å². The summed E-state index contributed by atoms with van der Waals surface area (Å²) in [7, 11) is 1.41. The first-order chi connectivity index (χ1) is 17.4. The number of pyridine rings is 1. The van der Waals surface area contributed by atoms with Crippen molar-refractivity contribution in [3.8, 4) is 5.75 Å². The molecule has 1 aliphatic rings. The van der Waals surface area contributed by atoms with Gasteiger partial charge in [-0.2, -0.15) is 0 Å². The topological polar surface area (TPSA) is 80.8 Å². The summed E-state index contributed by atoms with van der Waals surface area (Å²) in [6.07, 6.45) is 1.63. The molecular formula is C27H27ClFN3O4. The van der Waals surface area contributed by atoms with E-state index in [2.05, 4.69) is 10.3 Å². The number of amides is 2. The number of anilines is 1. The van der Waals surface area contributed by atoms with E-state index < -0.39 is 17.8 Å². The number of halogens is 2. The average molecular weight is 512 g/mol. The van der Waals surface area contributed by atoms with Crippen LogP contribution in [-0.2, 0) is 9.53 Å².